The molecule has 2 aromatic rings. The van der Waals surface area contributed by atoms with E-state index in [0.29, 0.717) is 6.07 Å². The van der Waals surface area contributed by atoms with Gasteiger partial charge in [0.25, 0.3) is 5.69 Å². The number of nitrogens with one attached hydrogen (secondary N) is 1. The van der Waals surface area contributed by atoms with Crippen molar-refractivity contribution in [3.8, 4) is 17.7 Å². The number of nitrogens with zero attached hydrogens (tertiary/aromatic N) is 4. The van der Waals surface area contributed by atoms with Crippen LogP contribution in [0.15, 0.2) is 47.5 Å². The van der Waals surface area contributed by atoms with E-state index in [1.807, 2.05) is 0 Å². The van der Waals surface area contributed by atoms with Crippen LogP contribution in [0.3, 0.4) is 0 Å². The SMILES string of the molecule is N#CNC(=Nc1cc(N2CCOCC2)c([N+](=O)[O-])cc1OC(F)(F)F)Oc1ccccc1. The van der Waals surface area contributed by atoms with Gasteiger partial charge in [0.2, 0.25) is 0 Å². The molecule has 0 spiro atoms. The van der Waals surface area contributed by atoms with Crippen LogP contribution in [0.5, 0.6) is 11.5 Å². The Kier molecular flexibility index (Phi) is 6.96. The second-order valence-electron chi connectivity index (χ2n) is 6.28. The Morgan fingerprint density at radius 1 is 1.25 bits per heavy atom. The molecule has 0 aliphatic carbocycles. The van der Waals surface area contributed by atoms with Gasteiger partial charge in [-0.1, -0.05) is 18.2 Å². The molecule has 0 atom stereocenters. The van der Waals surface area contributed by atoms with Crippen LogP contribution in [0.4, 0.5) is 30.2 Å². The number of anilines is 1. The highest BCUT2D eigenvalue weighted by Crippen LogP contribution is 2.42. The highest BCUT2D eigenvalue weighted by Gasteiger charge is 2.34. The maximum Gasteiger partial charge on any atom is 0.573 e. The number of nitriles is 1. The third-order valence-electron chi connectivity index (χ3n) is 4.17. The Bertz CT molecular complexity index is 1030. The smallest absolute Gasteiger partial charge is 0.425 e. The van der Waals surface area contributed by atoms with E-state index in [1.54, 1.807) is 29.3 Å². The van der Waals surface area contributed by atoms with E-state index in [-0.39, 0.29) is 37.7 Å². The first-order chi connectivity index (χ1) is 15.3. The molecule has 0 radical (unpaired) electrons. The van der Waals surface area contributed by atoms with Gasteiger partial charge in [0, 0.05) is 13.1 Å². The molecule has 1 heterocycles. The van der Waals surface area contributed by atoms with E-state index < -0.39 is 34.4 Å². The van der Waals surface area contributed by atoms with E-state index in [0.717, 1.165) is 6.07 Å². The van der Waals surface area contributed by atoms with E-state index in [9.17, 15) is 23.3 Å². The average Bonchev–Trinajstić information content (AvgIpc) is 2.75. The molecule has 0 bridgehead atoms. The second kappa shape index (κ2) is 9.84. The summed E-state index contributed by atoms with van der Waals surface area (Å²) in [5, 5.41) is 22.7. The third-order valence-corrected chi connectivity index (χ3v) is 4.17. The van der Waals surface area contributed by atoms with Gasteiger partial charge in [0.05, 0.1) is 24.2 Å². The van der Waals surface area contributed by atoms with Gasteiger partial charge in [-0.05, 0) is 18.2 Å². The Balaban J connectivity index is 2.11. The molecule has 1 fully saturated rings. The number of aliphatic imine (C=N–C) groups is 1. The lowest BCUT2D eigenvalue weighted by Crippen LogP contribution is -2.36. The highest BCUT2D eigenvalue weighted by atomic mass is 19.4. The molecule has 0 amide bonds. The maximum absolute atomic E-state index is 13.0. The number of benzene rings is 2. The van der Waals surface area contributed by atoms with Crippen LogP contribution < -0.4 is 19.7 Å². The number of alkyl halides is 3. The van der Waals surface area contributed by atoms with Gasteiger partial charge in [0.1, 0.15) is 17.1 Å². The van der Waals surface area contributed by atoms with E-state index in [2.05, 4.69) is 15.0 Å². The molecule has 1 saturated heterocycles. The standard InChI is InChI=1S/C19H16F3N5O5/c20-19(21,22)32-17-11-16(27(28)29)15(26-6-8-30-9-7-26)10-14(17)25-18(24-12-23)31-13-4-2-1-3-5-13/h1-5,10-11H,6-9H2,(H,24,25). The summed E-state index contributed by atoms with van der Waals surface area (Å²) in [6.07, 6.45) is -3.56. The molecular weight excluding hydrogens is 435 g/mol. The first-order valence-corrected chi connectivity index (χ1v) is 9.14. The van der Waals surface area contributed by atoms with Gasteiger partial charge < -0.3 is 19.1 Å². The van der Waals surface area contributed by atoms with Gasteiger partial charge in [-0.15, -0.1) is 13.2 Å². The van der Waals surface area contributed by atoms with Crippen LogP contribution in [-0.2, 0) is 4.74 Å². The molecule has 32 heavy (non-hydrogen) atoms. The van der Waals surface area contributed by atoms with Gasteiger partial charge in [0.15, 0.2) is 11.9 Å². The summed E-state index contributed by atoms with van der Waals surface area (Å²) >= 11 is 0. The van der Waals surface area contributed by atoms with Crippen molar-refractivity contribution in [2.45, 2.75) is 6.36 Å². The number of ether oxygens (including phenoxy) is 3. The number of morpholine rings is 1. The summed E-state index contributed by atoms with van der Waals surface area (Å²) < 4.78 is 53.5. The lowest BCUT2D eigenvalue weighted by atomic mass is 10.2. The van der Waals surface area contributed by atoms with Crippen LogP contribution in [0.25, 0.3) is 0 Å². The molecule has 2 aromatic carbocycles. The van der Waals surface area contributed by atoms with Gasteiger partial charge in [-0.25, -0.2) is 5.32 Å². The van der Waals surface area contributed by atoms with Crippen LogP contribution in [-0.4, -0.2) is 43.6 Å². The van der Waals surface area contributed by atoms with Crippen LogP contribution in [0.2, 0.25) is 0 Å². The molecule has 13 heteroatoms. The molecule has 0 unspecified atom stereocenters. The van der Waals surface area contributed by atoms with Crippen molar-refractivity contribution < 1.29 is 32.3 Å². The number of rotatable bonds is 5. The maximum atomic E-state index is 13.0. The number of halogens is 3. The fraction of sp³-hybridized carbons (Fsp3) is 0.263. The molecule has 3 rings (SSSR count). The summed E-state index contributed by atoms with van der Waals surface area (Å²) in [5.41, 5.74) is -0.991. The molecule has 1 aliphatic rings. The summed E-state index contributed by atoms with van der Waals surface area (Å²) in [7, 11) is 0. The Hall–Kier alpha value is -4.05. The Morgan fingerprint density at radius 3 is 2.53 bits per heavy atom. The van der Waals surface area contributed by atoms with Crippen molar-refractivity contribution in [3.05, 3.63) is 52.6 Å². The van der Waals surface area contributed by atoms with Crippen molar-refractivity contribution in [1.82, 2.24) is 5.32 Å². The summed E-state index contributed by atoms with van der Waals surface area (Å²) in [4.78, 5) is 16.3. The molecule has 168 valence electrons. The molecule has 0 aromatic heterocycles. The highest BCUT2D eigenvalue weighted by molar-refractivity contribution is 5.84. The van der Waals surface area contributed by atoms with Crippen molar-refractivity contribution in [2.24, 2.45) is 4.99 Å². The monoisotopic (exact) mass is 451 g/mol. The molecular formula is C19H16F3N5O5. The predicted molar refractivity (Wildman–Crippen MR) is 106 cm³/mol. The molecule has 1 aliphatic heterocycles. The predicted octanol–water partition coefficient (Wildman–Crippen LogP) is 3.47. The second-order valence-corrected chi connectivity index (χ2v) is 6.28. The number of hydrogen-bond acceptors (Lipinski definition) is 8. The minimum absolute atomic E-state index is 0.0302. The zero-order valence-electron chi connectivity index (χ0n) is 16.3. The number of nitro groups is 1. The summed E-state index contributed by atoms with van der Waals surface area (Å²) in [6.45, 7) is 1.14. The molecule has 0 saturated carbocycles. The normalized spacial score (nSPS) is 14.4. The lowest BCUT2D eigenvalue weighted by Gasteiger charge is -2.29. The van der Waals surface area contributed by atoms with Crippen LogP contribution in [0, 0.1) is 21.6 Å². The van der Waals surface area contributed by atoms with E-state index in [4.69, 9.17) is 14.7 Å². The third kappa shape index (κ3) is 5.99. The lowest BCUT2D eigenvalue weighted by molar-refractivity contribution is -0.384. The summed E-state index contributed by atoms with van der Waals surface area (Å²) in [6, 6.07) is 9.34. The van der Waals surface area contributed by atoms with Gasteiger partial charge in [-0.2, -0.15) is 10.3 Å². The zero-order valence-corrected chi connectivity index (χ0v) is 16.3. The topological polar surface area (TPSA) is 122 Å². The quantitative estimate of drug-likeness (QED) is 0.183. The van der Waals surface area contributed by atoms with E-state index in [1.165, 1.54) is 12.1 Å². The number of nitro benzene ring substituents is 1. The van der Waals surface area contributed by atoms with Crippen molar-refractivity contribution in [1.29, 1.82) is 5.26 Å². The number of para-hydroxylation sites is 1. The number of hydrogen-bond donors (Lipinski definition) is 1. The van der Waals surface area contributed by atoms with Gasteiger partial charge in [-0.3, -0.25) is 10.1 Å². The fourth-order valence-corrected chi connectivity index (χ4v) is 2.88. The summed E-state index contributed by atoms with van der Waals surface area (Å²) in [5.74, 6) is -0.669. The fourth-order valence-electron chi connectivity index (χ4n) is 2.88. The van der Waals surface area contributed by atoms with Crippen LogP contribution >= 0.6 is 0 Å². The largest absolute Gasteiger partial charge is 0.573 e. The van der Waals surface area contributed by atoms with Crippen molar-refractivity contribution >= 4 is 23.1 Å². The zero-order chi connectivity index (χ0) is 23.1. The first kappa shape index (κ1) is 22.6. The van der Waals surface area contributed by atoms with Crippen molar-refractivity contribution in [3.63, 3.8) is 0 Å². The molecule has 1 N–H and O–H groups in total. The van der Waals surface area contributed by atoms with Gasteiger partial charge >= 0.3 is 12.4 Å². The van der Waals surface area contributed by atoms with Crippen LogP contribution in [0.1, 0.15) is 0 Å². The Morgan fingerprint density at radius 2 is 1.94 bits per heavy atom. The van der Waals surface area contributed by atoms with E-state index >= 15 is 0 Å². The number of amidine groups is 1. The minimum Gasteiger partial charge on any atom is -0.425 e. The van der Waals surface area contributed by atoms with Crippen molar-refractivity contribution in [2.75, 3.05) is 31.2 Å². The minimum atomic E-state index is -5.14. The molecule has 10 nitrogen and oxygen atoms in total. The Labute approximate surface area is 179 Å². The average molecular weight is 451 g/mol. The first-order valence-electron chi connectivity index (χ1n) is 9.14.